The van der Waals surface area contributed by atoms with Gasteiger partial charge in [-0.3, -0.25) is 86.3 Å². The minimum Gasteiger partial charge on any atom is -0.490 e. The van der Waals surface area contributed by atoms with Crippen LogP contribution in [0.15, 0.2) is 111 Å². The maximum atomic E-state index is 12.0. The van der Waals surface area contributed by atoms with Gasteiger partial charge in [-0.05, 0) is 185 Å². The summed E-state index contributed by atoms with van der Waals surface area (Å²) in [4.78, 5) is 239. The van der Waals surface area contributed by atoms with Gasteiger partial charge in [0.25, 0.3) is 0 Å². The van der Waals surface area contributed by atoms with E-state index >= 15 is 0 Å². The van der Waals surface area contributed by atoms with E-state index in [-0.39, 0.29) is 193 Å². The number of carbonyl (C=O) groups excluding carboxylic acids is 21. The maximum Gasteiger partial charge on any atom is 0.330 e. The fraction of sp³-hybridized carbons (Fsp3) is 0.536. The SMILES string of the molecule is C=CC(=O)OCCOC(=O)CCCCCOC(=O)CC(=O)NC.C=CC(=O)OCCOC(=O)CCCCCOC(=O)CC(=O)NC.C=CC(=O)OCCOC(=O)CCCCCOC(=O)CC(=O)NCCC.CC(C)(O)C(=O)c1ccc(OCCOC(=O)CC(=O)NCCNC(=O)CC(=O)OCCOc2ccc(C(=O)C(C)(C)O)cc2)cc1.CCCNC(=O)CC(=O)OCCOc1ccc(C(=O)C(C)(C)O)cc1. The predicted octanol–water partition coefficient (Wildman–Crippen LogP) is 4.90. The molecule has 0 saturated carbocycles. The molecule has 790 valence electrons. The molecule has 0 radical (unpaired) electrons. The van der Waals surface area contributed by atoms with Gasteiger partial charge in [0.2, 0.25) is 35.4 Å². The van der Waals surface area contributed by atoms with E-state index in [1.54, 1.807) is 48.5 Å². The molecule has 6 amide bonds. The third-order valence-electron chi connectivity index (χ3n) is 17.3. The molecule has 0 heterocycles. The molecule has 142 heavy (non-hydrogen) atoms. The summed E-state index contributed by atoms with van der Waals surface area (Å²) in [5, 5.41) is 44.0. The summed E-state index contributed by atoms with van der Waals surface area (Å²) in [6.07, 6.45) is 8.82. The lowest BCUT2D eigenvalue weighted by Gasteiger charge is -2.15. The first-order valence-electron chi connectivity index (χ1n) is 45.5. The number of rotatable bonds is 67. The molecule has 0 aromatic heterocycles. The Morgan fingerprint density at radius 2 is 0.458 bits per heavy atom. The Balaban J connectivity index is 0. The van der Waals surface area contributed by atoms with Crippen molar-refractivity contribution in [2.75, 3.05) is 139 Å². The second kappa shape index (κ2) is 78.4. The van der Waals surface area contributed by atoms with Gasteiger partial charge >= 0.3 is 71.6 Å². The lowest BCUT2D eigenvalue weighted by Crippen LogP contribution is -2.36. The average molecular weight is 2010 g/mol. The molecular formula is C97H138N6O39. The summed E-state index contributed by atoms with van der Waals surface area (Å²) in [5.74, 6) is -9.30. The van der Waals surface area contributed by atoms with Gasteiger partial charge in [-0.2, -0.15) is 0 Å². The van der Waals surface area contributed by atoms with Crippen molar-refractivity contribution in [3.63, 3.8) is 0 Å². The summed E-state index contributed by atoms with van der Waals surface area (Å²) in [6.45, 7) is 23.7. The van der Waals surface area contributed by atoms with Crippen LogP contribution in [0.2, 0.25) is 0 Å². The average Bonchev–Trinajstić information content (AvgIpc) is 0.855. The zero-order chi connectivity index (χ0) is 107. The summed E-state index contributed by atoms with van der Waals surface area (Å²) in [5.41, 5.74) is -3.39. The summed E-state index contributed by atoms with van der Waals surface area (Å²) in [6, 6.07) is 18.5. The summed E-state index contributed by atoms with van der Waals surface area (Å²) in [7, 11) is 2.89. The van der Waals surface area contributed by atoms with Crippen molar-refractivity contribution in [2.45, 2.75) is 201 Å². The van der Waals surface area contributed by atoms with E-state index < -0.39 is 119 Å². The Labute approximate surface area is 824 Å². The Hall–Kier alpha value is -14.4. The van der Waals surface area contributed by atoms with Crippen LogP contribution in [0.3, 0.4) is 0 Å². The second-order valence-electron chi connectivity index (χ2n) is 31.1. The van der Waals surface area contributed by atoms with Gasteiger partial charge in [-0.1, -0.05) is 33.6 Å². The first-order valence-corrected chi connectivity index (χ1v) is 45.5. The number of aliphatic hydroxyl groups is 3. The van der Waals surface area contributed by atoms with Crippen LogP contribution < -0.4 is 46.1 Å². The molecule has 0 fully saturated rings. The van der Waals surface area contributed by atoms with Gasteiger partial charge in [0, 0.05) is 94.5 Å². The monoisotopic (exact) mass is 2010 g/mol. The van der Waals surface area contributed by atoms with Crippen LogP contribution in [-0.2, 0) is 143 Å². The molecule has 45 nitrogen and oxygen atoms in total. The van der Waals surface area contributed by atoms with Crippen molar-refractivity contribution < 1.29 is 187 Å². The van der Waals surface area contributed by atoms with Crippen molar-refractivity contribution in [3.8, 4) is 17.2 Å². The fourth-order valence-corrected chi connectivity index (χ4v) is 10.1. The number of esters is 12. The number of Topliss-reactive ketones (excluding diaryl/α,β-unsaturated/α-hetero) is 3. The second-order valence-corrected chi connectivity index (χ2v) is 31.1. The minimum absolute atomic E-state index is 0.00161. The molecule has 0 unspecified atom stereocenters. The molecule has 3 aromatic rings. The third kappa shape index (κ3) is 72.9. The van der Waals surface area contributed by atoms with Crippen molar-refractivity contribution in [1.82, 2.24) is 31.9 Å². The standard InChI is InChI=1S/C32H40N2O12.C18H25NO6.C17H27NO7.2C15H23NO7/c1-31(2,41)29(39)21-5-9-23(10-6-21)43-15-17-45-27(37)19-25(35)33-13-14-34-26(36)20-28(38)46-18-16-44-24-11-7-22(8-12-24)30(40)32(3,4)42;1-4-9-19-15(20)12-16(21)25-11-10-24-14-7-5-13(6-8-14)17(22)18(2,3)23;1-3-9-18-14(19)13-17(22)23-10-7-5-6-8-16(21)25-12-11-24-15(20)4-2;2*1-3-13(18)22-9-10-23-14(19)7-5-4-6-8-21-15(20)11-12(17)16-2/h5-12,41-42H,13-20H2,1-4H3,(H,33,35)(H,34,36);5-8,23H,4,9-12H2,1-3H3,(H,19,20);4H,2-3,5-13H2,1H3,(H,18,19);2*3H,1,4-11H2,2H3,(H,16,17). The molecular weight excluding hydrogens is 1870 g/mol. The molecule has 3 aromatic carbocycles. The van der Waals surface area contributed by atoms with Crippen molar-refractivity contribution >= 4 is 124 Å². The number of benzene rings is 3. The molecule has 0 saturated heterocycles. The van der Waals surface area contributed by atoms with Gasteiger partial charge in [0.15, 0.2) is 17.3 Å². The molecule has 9 N–H and O–H groups in total. The normalized spacial score (nSPS) is 10.4. The minimum atomic E-state index is -1.49. The highest BCUT2D eigenvalue weighted by atomic mass is 16.6. The van der Waals surface area contributed by atoms with Crippen molar-refractivity contribution in [2.24, 2.45) is 0 Å². The van der Waals surface area contributed by atoms with Crippen LogP contribution in [0, 0.1) is 0 Å². The first kappa shape index (κ1) is 130. The van der Waals surface area contributed by atoms with Crippen LogP contribution in [0.5, 0.6) is 17.2 Å². The lowest BCUT2D eigenvalue weighted by molar-refractivity contribution is -0.150. The number of amides is 6. The van der Waals surface area contributed by atoms with Crippen molar-refractivity contribution in [3.05, 3.63) is 127 Å². The summed E-state index contributed by atoms with van der Waals surface area (Å²) >= 11 is 0. The highest BCUT2D eigenvalue weighted by Gasteiger charge is 2.28. The number of carbonyl (C=O) groups is 21. The zero-order valence-corrected chi connectivity index (χ0v) is 82.4. The van der Waals surface area contributed by atoms with E-state index in [4.69, 9.17) is 56.8 Å². The van der Waals surface area contributed by atoms with Gasteiger partial charge in [-0.15, -0.1) is 0 Å². The van der Waals surface area contributed by atoms with E-state index in [0.29, 0.717) is 105 Å². The molecule has 45 heteroatoms. The Kier molecular flexibility index (Phi) is 71.6. The predicted molar refractivity (Wildman–Crippen MR) is 504 cm³/mol. The molecule has 0 aliphatic carbocycles. The van der Waals surface area contributed by atoms with Crippen LogP contribution in [0.25, 0.3) is 0 Å². The van der Waals surface area contributed by atoms with Crippen molar-refractivity contribution in [1.29, 1.82) is 0 Å². The largest absolute Gasteiger partial charge is 0.490 e. The number of ether oxygens (including phenoxy) is 15. The summed E-state index contributed by atoms with van der Waals surface area (Å²) < 4.78 is 74.3. The third-order valence-corrected chi connectivity index (χ3v) is 17.3. The number of nitrogens with one attached hydrogen (secondary N) is 6. The highest BCUT2D eigenvalue weighted by molar-refractivity contribution is 6.04. The van der Waals surface area contributed by atoms with Gasteiger partial charge in [0.05, 0.1) is 19.8 Å². The van der Waals surface area contributed by atoms with Crippen LogP contribution in [-0.4, -0.2) is 296 Å². The molecule has 0 bridgehead atoms. The molecule has 3 rings (SSSR count). The number of hydrogen-bond donors (Lipinski definition) is 9. The van der Waals surface area contributed by atoms with Crippen LogP contribution in [0.1, 0.15) is 215 Å². The van der Waals surface area contributed by atoms with E-state index in [0.717, 1.165) is 31.1 Å². The number of ketones is 3. The number of hydrogen-bond acceptors (Lipinski definition) is 39. The Morgan fingerprint density at radius 3 is 0.669 bits per heavy atom. The van der Waals surface area contributed by atoms with E-state index in [2.05, 4.69) is 65.8 Å². The zero-order valence-electron chi connectivity index (χ0n) is 82.4. The maximum absolute atomic E-state index is 12.0. The Bertz CT molecular complexity index is 4270. The molecule has 0 aliphatic heterocycles. The van der Waals surface area contributed by atoms with Crippen LogP contribution in [0.4, 0.5) is 0 Å². The fourth-order valence-electron chi connectivity index (χ4n) is 10.1. The van der Waals surface area contributed by atoms with E-state index in [1.165, 1.54) is 79.9 Å². The quantitative estimate of drug-likeness (QED) is 0.00905. The topological polar surface area (TPSA) is 630 Å². The highest BCUT2D eigenvalue weighted by Crippen LogP contribution is 2.21. The lowest BCUT2D eigenvalue weighted by atomic mass is 9.97. The van der Waals surface area contributed by atoms with E-state index in [9.17, 15) is 116 Å². The first-order chi connectivity index (χ1) is 67.3. The smallest absolute Gasteiger partial charge is 0.330 e. The van der Waals surface area contributed by atoms with Gasteiger partial charge in [0.1, 0.15) is 152 Å². The van der Waals surface area contributed by atoms with Gasteiger partial charge < -0.3 is 118 Å². The molecule has 0 spiro atoms. The number of unbranched alkanes of at least 4 members (excludes halogenated alkanes) is 6. The molecule has 0 atom stereocenters. The van der Waals surface area contributed by atoms with Gasteiger partial charge in [-0.25, -0.2) is 14.4 Å². The van der Waals surface area contributed by atoms with E-state index in [1.807, 2.05) is 13.8 Å². The Morgan fingerprint density at radius 1 is 0.261 bits per heavy atom. The molecule has 0 aliphatic rings. The van der Waals surface area contributed by atoms with Crippen LogP contribution >= 0.6 is 0 Å².